The zero-order chi connectivity index (χ0) is 17.9. The van der Waals surface area contributed by atoms with E-state index >= 15 is 0 Å². The van der Waals surface area contributed by atoms with E-state index in [9.17, 15) is 4.79 Å². The van der Waals surface area contributed by atoms with Gasteiger partial charge in [0.05, 0.1) is 0 Å². The largest absolute Gasteiger partial charge is 0.467 e. The molecule has 1 atom stereocenters. The highest BCUT2D eigenvalue weighted by atomic mass is 80.0. The molecule has 0 saturated carbocycles. The second-order valence-corrected chi connectivity index (χ2v) is 12.3. The molecule has 25 heavy (non-hydrogen) atoms. The van der Waals surface area contributed by atoms with Gasteiger partial charge in [-0.2, -0.15) is 0 Å². The van der Waals surface area contributed by atoms with Gasteiger partial charge in [0.2, 0.25) is 6.23 Å². The molecule has 0 aliphatic rings. The van der Waals surface area contributed by atoms with E-state index in [1.54, 1.807) is 12.1 Å². The van der Waals surface area contributed by atoms with E-state index in [4.69, 9.17) is 4.74 Å². The fourth-order valence-electron chi connectivity index (χ4n) is 2.40. The molecular weight excluding hydrogens is 514 g/mol. The Morgan fingerprint density at radius 2 is 1.52 bits per heavy atom. The van der Waals surface area contributed by atoms with Gasteiger partial charge in [-0.3, -0.25) is 4.79 Å². The maximum Gasteiger partial charge on any atom is 0.254 e. The van der Waals surface area contributed by atoms with E-state index in [1.807, 2.05) is 60.7 Å². The molecule has 1 N–H and O–H groups in total. The van der Waals surface area contributed by atoms with Gasteiger partial charge in [0.15, 0.2) is 2.14 Å². The summed E-state index contributed by atoms with van der Waals surface area (Å²) in [5.74, 6) is 0.452. The summed E-state index contributed by atoms with van der Waals surface area (Å²) in [5, 5.41) is 4.92. The number of fused-ring (bicyclic) bond motifs is 1. The number of carbonyl (C=O) groups excluding carboxylic acids is 1. The van der Waals surface area contributed by atoms with Crippen LogP contribution < -0.4 is 10.1 Å². The second kappa shape index (κ2) is 7.89. The minimum absolute atomic E-state index is 0.228. The molecule has 0 aliphatic heterocycles. The molecule has 0 fully saturated rings. The number of hydrogen-bond donors (Lipinski definition) is 1. The van der Waals surface area contributed by atoms with Crippen molar-refractivity contribution in [3.8, 4) is 5.75 Å². The lowest BCUT2D eigenvalue weighted by molar-refractivity contribution is 0.0847. The zero-order valence-corrected chi connectivity index (χ0v) is 17.7. The Morgan fingerprint density at radius 1 is 0.880 bits per heavy atom. The minimum atomic E-state index is -0.825. The summed E-state index contributed by atoms with van der Waals surface area (Å²) in [4.78, 5) is 12.5. The summed E-state index contributed by atoms with van der Waals surface area (Å²) in [7, 11) is 0. The van der Waals surface area contributed by atoms with Crippen LogP contribution in [0.4, 0.5) is 0 Å². The smallest absolute Gasteiger partial charge is 0.254 e. The summed E-state index contributed by atoms with van der Waals surface area (Å²) in [6.45, 7) is 0. The molecule has 0 bridgehead atoms. The Morgan fingerprint density at radius 3 is 2.24 bits per heavy atom. The van der Waals surface area contributed by atoms with Crippen molar-refractivity contribution in [3.05, 3.63) is 78.4 Å². The molecule has 1 unspecified atom stereocenters. The van der Waals surface area contributed by atoms with Gasteiger partial charge in [-0.15, -0.1) is 0 Å². The summed E-state index contributed by atoms with van der Waals surface area (Å²) in [6.07, 6.45) is -0.703. The van der Waals surface area contributed by atoms with E-state index in [0.29, 0.717) is 11.3 Å². The van der Waals surface area contributed by atoms with Crippen LogP contribution in [-0.4, -0.2) is 14.3 Å². The summed E-state index contributed by atoms with van der Waals surface area (Å²) < 4.78 is 5.29. The minimum Gasteiger partial charge on any atom is -0.467 e. The van der Waals surface area contributed by atoms with Gasteiger partial charge in [-0.1, -0.05) is 102 Å². The highest BCUT2D eigenvalue weighted by Crippen LogP contribution is 2.39. The van der Waals surface area contributed by atoms with E-state index in [0.717, 1.165) is 10.8 Å². The second-order valence-electron chi connectivity index (χ2n) is 5.36. The fourth-order valence-corrected chi connectivity index (χ4v) is 3.02. The number of halogens is 3. The van der Waals surface area contributed by atoms with Gasteiger partial charge in [0.25, 0.3) is 5.91 Å². The Kier molecular flexibility index (Phi) is 5.81. The number of rotatable bonds is 4. The zero-order valence-electron chi connectivity index (χ0n) is 13.0. The van der Waals surface area contributed by atoms with Crippen molar-refractivity contribution < 1.29 is 9.53 Å². The first-order valence-electron chi connectivity index (χ1n) is 7.52. The Hall–Kier alpha value is -1.37. The van der Waals surface area contributed by atoms with E-state index in [1.165, 1.54) is 0 Å². The summed E-state index contributed by atoms with van der Waals surface area (Å²) >= 11 is 10.4. The Labute approximate surface area is 171 Å². The van der Waals surface area contributed by atoms with Gasteiger partial charge in [-0.25, -0.2) is 0 Å². The van der Waals surface area contributed by atoms with Crippen molar-refractivity contribution >= 4 is 64.5 Å². The normalized spacial score (nSPS) is 12.6. The Balaban J connectivity index is 1.88. The van der Waals surface area contributed by atoms with Crippen molar-refractivity contribution in [3.63, 3.8) is 0 Å². The van der Waals surface area contributed by atoms with Crippen LogP contribution in [0, 0.1) is 0 Å². The third-order valence-corrected chi connectivity index (χ3v) is 4.84. The molecule has 3 nitrogen and oxygen atoms in total. The lowest BCUT2D eigenvalue weighted by Gasteiger charge is -2.28. The molecule has 6 heteroatoms. The van der Waals surface area contributed by atoms with E-state index in [-0.39, 0.29) is 5.91 Å². The van der Waals surface area contributed by atoms with Crippen LogP contribution in [0.2, 0.25) is 0 Å². The van der Waals surface area contributed by atoms with Gasteiger partial charge in [0.1, 0.15) is 5.75 Å². The number of ether oxygens (including phenoxy) is 1. The third kappa shape index (κ3) is 4.63. The lowest BCUT2D eigenvalue weighted by Crippen LogP contribution is -2.47. The lowest BCUT2D eigenvalue weighted by atomic mass is 10.1. The number of hydrogen-bond acceptors (Lipinski definition) is 2. The van der Waals surface area contributed by atoms with Crippen molar-refractivity contribution in [2.24, 2.45) is 0 Å². The monoisotopic (exact) mass is 525 g/mol. The van der Waals surface area contributed by atoms with Crippen LogP contribution in [0.3, 0.4) is 0 Å². The molecule has 0 heterocycles. The SMILES string of the molecule is O=C(NC(Oc1cccc2ccccc12)C(Br)(Br)Br)c1ccccc1. The first-order chi connectivity index (χ1) is 11.9. The number of carbonyl (C=O) groups is 1. The molecule has 0 aliphatic carbocycles. The number of alkyl halides is 3. The van der Waals surface area contributed by atoms with E-state index < -0.39 is 8.37 Å². The average Bonchev–Trinajstić information content (AvgIpc) is 2.61. The van der Waals surface area contributed by atoms with Crippen molar-refractivity contribution in [2.75, 3.05) is 0 Å². The van der Waals surface area contributed by atoms with Crippen LogP contribution in [0.5, 0.6) is 5.75 Å². The molecule has 0 aromatic heterocycles. The van der Waals surface area contributed by atoms with Gasteiger partial charge < -0.3 is 10.1 Å². The highest BCUT2D eigenvalue weighted by Gasteiger charge is 2.35. The molecule has 0 saturated heterocycles. The van der Waals surface area contributed by atoms with E-state index in [2.05, 4.69) is 53.1 Å². The molecule has 1 amide bonds. The van der Waals surface area contributed by atoms with Crippen molar-refractivity contribution in [1.82, 2.24) is 5.32 Å². The number of benzene rings is 3. The Bertz CT molecular complexity index is 873. The van der Waals surface area contributed by atoms with Crippen LogP contribution in [0.15, 0.2) is 72.8 Å². The summed E-state index contributed by atoms with van der Waals surface area (Å²) in [5.41, 5.74) is 0.561. The van der Waals surface area contributed by atoms with Crippen LogP contribution in [-0.2, 0) is 0 Å². The fraction of sp³-hybridized carbons (Fsp3) is 0.105. The molecular formula is C19H14Br3NO2. The topological polar surface area (TPSA) is 38.3 Å². The molecule has 128 valence electrons. The quantitative estimate of drug-likeness (QED) is 0.343. The predicted molar refractivity (Wildman–Crippen MR) is 112 cm³/mol. The number of amides is 1. The van der Waals surface area contributed by atoms with Crippen LogP contribution >= 0.6 is 47.8 Å². The molecule has 3 rings (SSSR count). The van der Waals surface area contributed by atoms with Gasteiger partial charge in [-0.05, 0) is 23.6 Å². The van der Waals surface area contributed by atoms with Gasteiger partial charge in [0, 0.05) is 10.9 Å². The first-order valence-corrected chi connectivity index (χ1v) is 9.90. The standard InChI is InChI=1S/C19H14Br3NO2/c20-19(21,22)18(23-17(24)14-8-2-1-3-9-14)25-16-12-6-10-13-7-4-5-11-15(13)16/h1-12,18H,(H,23,24). The first kappa shape index (κ1) is 18.4. The molecule has 0 spiro atoms. The third-order valence-electron chi connectivity index (χ3n) is 3.59. The van der Waals surface area contributed by atoms with Crippen LogP contribution in [0.25, 0.3) is 10.8 Å². The van der Waals surface area contributed by atoms with Crippen LogP contribution in [0.1, 0.15) is 10.4 Å². The van der Waals surface area contributed by atoms with Crippen molar-refractivity contribution in [1.29, 1.82) is 0 Å². The maximum absolute atomic E-state index is 12.5. The molecule has 3 aromatic carbocycles. The predicted octanol–water partition coefficient (Wildman–Crippen LogP) is 5.81. The molecule has 3 aromatic rings. The van der Waals surface area contributed by atoms with Gasteiger partial charge >= 0.3 is 0 Å². The maximum atomic E-state index is 12.5. The average molecular weight is 528 g/mol. The highest BCUT2D eigenvalue weighted by molar-refractivity contribution is 9.39. The molecule has 0 radical (unpaired) electrons. The van der Waals surface area contributed by atoms with Crippen molar-refractivity contribution in [2.45, 2.75) is 8.37 Å². The number of nitrogens with one attached hydrogen (secondary N) is 1. The summed E-state index contributed by atoms with van der Waals surface area (Å²) in [6, 6.07) is 22.8.